The third-order valence-corrected chi connectivity index (χ3v) is 2.74. The fraction of sp³-hybridized carbons (Fsp3) is 0.500. The predicted molar refractivity (Wildman–Crippen MR) is 65.6 cm³/mol. The lowest BCUT2D eigenvalue weighted by atomic mass is 10.1. The van der Waals surface area contributed by atoms with Crippen molar-refractivity contribution in [3.63, 3.8) is 0 Å². The Kier molecular flexibility index (Phi) is 5.98. The molecule has 0 saturated carbocycles. The molecule has 1 aromatic rings. The molecule has 0 fully saturated rings. The number of rotatable bonds is 6. The van der Waals surface area contributed by atoms with Gasteiger partial charge in [-0.25, -0.2) is 4.39 Å². The van der Waals surface area contributed by atoms with Crippen LogP contribution in [0.2, 0.25) is 0 Å². The van der Waals surface area contributed by atoms with Crippen molar-refractivity contribution in [2.24, 2.45) is 0 Å². The van der Waals surface area contributed by atoms with E-state index in [0.717, 1.165) is 25.0 Å². The zero-order valence-corrected chi connectivity index (χ0v) is 11.1. The Labute approximate surface area is 114 Å². The fourth-order valence-corrected chi connectivity index (χ4v) is 1.57. The molecule has 0 atom stereocenters. The number of carbonyl (C=O) groups excluding carboxylic acids is 1. The molecule has 0 amide bonds. The minimum atomic E-state index is -4.57. The SMILES string of the molecule is CCCCOC(=O)CCc1ccc(C(F)(F)F)cc1F. The highest BCUT2D eigenvalue weighted by Gasteiger charge is 2.31. The smallest absolute Gasteiger partial charge is 0.416 e. The van der Waals surface area contributed by atoms with Gasteiger partial charge in [-0.2, -0.15) is 13.2 Å². The van der Waals surface area contributed by atoms with Crippen molar-refractivity contribution in [2.75, 3.05) is 6.61 Å². The first kappa shape index (κ1) is 16.5. The van der Waals surface area contributed by atoms with Gasteiger partial charge in [0.25, 0.3) is 0 Å². The van der Waals surface area contributed by atoms with Gasteiger partial charge in [0.05, 0.1) is 12.2 Å². The van der Waals surface area contributed by atoms with E-state index < -0.39 is 23.5 Å². The summed E-state index contributed by atoms with van der Waals surface area (Å²) in [5.74, 6) is -1.43. The monoisotopic (exact) mass is 292 g/mol. The summed E-state index contributed by atoms with van der Waals surface area (Å²) in [6.45, 7) is 2.26. The van der Waals surface area contributed by atoms with Crippen LogP contribution in [0.25, 0.3) is 0 Å². The van der Waals surface area contributed by atoms with Crippen molar-refractivity contribution < 1.29 is 27.1 Å². The largest absolute Gasteiger partial charge is 0.466 e. The molecule has 0 saturated heterocycles. The van der Waals surface area contributed by atoms with E-state index in [9.17, 15) is 22.4 Å². The number of benzene rings is 1. The van der Waals surface area contributed by atoms with Crippen LogP contribution in [0.15, 0.2) is 18.2 Å². The van der Waals surface area contributed by atoms with Crippen molar-refractivity contribution in [1.29, 1.82) is 0 Å². The lowest BCUT2D eigenvalue weighted by Gasteiger charge is -2.09. The fourth-order valence-electron chi connectivity index (χ4n) is 1.57. The van der Waals surface area contributed by atoms with Crippen molar-refractivity contribution in [3.05, 3.63) is 35.1 Å². The van der Waals surface area contributed by atoms with E-state index in [1.807, 2.05) is 6.92 Å². The van der Waals surface area contributed by atoms with Crippen LogP contribution >= 0.6 is 0 Å². The van der Waals surface area contributed by atoms with Gasteiger partial charge in [0.1, 0.15) is 5.82 Å². The van der Waals surface area contributed by atoms with E-state index in [4.69, 9.17) is 4.74 Å². The van der Waals surface area contributed by atoms with Crippen LogP contribution in [-0.4, -0.2) is 12.6 Å². The maximum Gasteiger partial charge on any atom is 0.416 e. The molecule has 0 aliphatic rings. The van der Waals surface area contributed by atoms with Crippen molar-refractivity contribution in [2.45, 2.75) is 38.8 Å². The van der Waals surface area contributed by atoms with E-state index in [0.29, 0.717) is 12.7 Å². The molecule has 0 spiro atoms. The third-order valence-electron chi connectivity index (χ3n) is 2.74. The van der Waals surface area contributed by atoms with Crippen LogP contribution in [0.1, 0.15) is 37.3 Å². The molecular weight excluding hydrogens is 276 g/mol. The van der Waals surface area contributed by atoms with Gasteiger partial charge in [-0.05, 0) is 30.5 Å². The maximum atomic E-state index is 13.5. The number of halogens is 4. The summed E-state index contributed by atoms with van der Waals surface area (Å²) in [7, 11) is 0. The minimum absolute atomic E-state index is 0.0227. The van der Waals surface area contributed by atoms with E-state index >= 15 is 0 Å². The molecule has 6 heteroatoms. The van der Waals surface area contributed by atoms with Gasteiger partial charge in [-0.15, -0.1) is 0 Å². The molecule has 20 heavy (non-hydrogen) atoms. The second kappa shape index (κ2) is 7.26. The minimum Gasteiger partial charge on any atom is -0.466 e. The molecule has 0 heterocycles. The topological polar surface area (TPSA) is 26.3 Å². The lowest BCUT2D eigenvalue weighted by molar-refractivity contribution is -0.143. The number of unbranched alkanes of at least 4 members (excludes halogenated alkanes) is 1. The molecule has 0 unspecified atom stereocenters. The van der Waals surface area contributed by atoms with Gasteiger partial charge in [0.2, 0.25) is 0 Å². The van der Waals surface area contributed by atoms with Crippen LogP contribution in [0.3, 0.4) is 0 Å². The van der Waals surface area contributed by atoms with Gasteiger partial charge >= 0.3 is 12.1 Å². The summed E-state index contributed by atoms with van der Waals surface area (Å²) < 4.78 is 55.4. The number of aryl methyl sites for hydroxylation is 1. The van der Waals surface area contributed by atoms with Crippen LogP contribution in [0, 0.1) is 5.82 Å². The quantitative estimate of drug-likeness (QED) is 0.448. The number of hydrogen-bond acceptors (Lipinski definition) is 2. The first-order valence-corrected chi connectivity index (χ1v) is 6.36. The van der Waals surface area contributed by atoms with Crippen molar-refractivity contribution >= 4 is 5.97 Å². The van der Waals surface area contributed by atoms with Crippen molar-refractivity contribution in [1.82, 2.24) is 0 Å². The van der Waals surface area contributed by atoms with Gasteiger partial charge < -0.3 is 4.74 Å². The maximum absolute atomic E-state index is 13.5. The molecule has 112 valence electrons. The Bertz CT molecular complexity index is 455. The number of carbonyl (C=O) groups is 1. The van der Waals surface area contributed by atoms with E-state index in [2.05, 4.69) is 0 Å². The highest BCUT2D eigenvalue weighted by molar-refractivity contribution is 5.69. The molecule has 1 aromatic carbocycles. The molecule has 2 nitrogen and oxygen atoms in total. The number of ether oxygens (including phenoxy) is 1. The summed E-state index contributed by atoms with van der Waals surface area (Å²) in [6, 6.07) is 2.30. The van der Waals surface area contributed by atoms with Gasteiger partial charge in [-0.1, -0.05) is 19.4 Å². The van der Waals surface area contributed by atoms with Crippen LogP contribution in [0.5, 0.6) is 0 Å². The summed E-state index contributed by atoms with van der Waals surface area (Å²) in [5.41, 5.74) is -0.963. The highest BCUT2D eigenvalue weighted by atomic mass is 19.4. The summed E-state index contributed by atoms with van der Waals surface area (Å²) in [6.07, 6.45) is -2.96. The van der Waals surface area contributed by atoms with Crippen LogP contribution < -0.4 is 0 Å². The average molecular weight is 292 g/mol. The first-order chi connectivity index (χ1) is 9.34. The number of alkyl halides is 3. The summed E-state index contributed by atoms with van der Waals surface area (Å²) in [4.78, 5) is 11.3. The van der Waals surface area contributed by atoms with Crippen LogP contribution in [0.4, 0.5) is 17.6 Å². The second-order valence-electron chi connectivity index (χ2n) is 4.38. The van der Waals surface area contributed by atoms with Crippen LogP contribution in [-0.2, 0) is 22.1 Å². The van der Waals surface area contributed by atoms with Crippen molar-refractivity contribution in [3.8, 4) is 0 Å². The zero-order valence-electron chi connectivity index (χ0n) is 11.1. The van der Waals surface area contributed by atoms with E-state index in [1.165, 1.54) is 0 Å². The molecule has 0 radical (unpaired) electrons. The summed E-state index contributed by atoms with van der Waals surface area (Å²) in [5, 5.41) is 0. The third kappa shape index (κ3) is 5.19. The van der Waals surface area contributed by atoms with Gasteiger partial charge in [0, 0.05) is 6.42 Å². The molecule has 0 aliphatic heterocycles. The Morgan fingerprint density at radius 2 is 2.00 bits per heavy atom. The highest BCUT2D eigenvalue weighted by Crippen LogP contribution is 2.30. The zero-order chi connectivity index (χ0) is 15.2. The predicted octanol–water partition coefficient (Wildman–Crippen LogP) is 4.12. The van der Waals surface area contributed by atoms with Gasteiger partial charge in [-0.3, -0.25) is 4.79 Å². The number of hydrogen-bond donors (Lipinski definition) is 0. The molecule has 0 aromatic heterocycles. The lowest BCUT2D eigenvalue weighted by Crippen LogP contribution is -2.09. The van der Waals surface area contributed by atoms with E-state index in [-0.39, 0.29) is 18.4 Å². The first-order valence-electron chi connectivity index (χ1n) is 6.36. The molecule has 1 rings (SSSR count). The number of esters is 1. The normalized spacial score (nSPS) is 11.4. The standard InChI is InChI=1S/C14H16F4O2/c1-2-3-8-20-13(19)7-5-10-4-6-11(9-12(10)15)14(16,17)18/h4,6,9H,2-3,5,7-8H2,1H3. The Morgan fingerprint density at radius 1 is 1.30 bits per heavy atom. The average Bonchev–Trinajstić information content (AvgIpc) is 2.36. The molecule has 0 aliphatic carbocycles. The molecular formula is C14H16F4O2. The molecule has 0 N–H and O–H groups in total. The molecule has 0 bridgehead atoms. The Balaban J connectivity index is 2.55. The Morgan fingerprint density at radius 3 is 2.55 bits per heavy atom. The van der Waals surface area contributed by atoms with Gasteiger partial charge in [0.15, 0.2) is 0 Å². The van der Waals surface area contributed by atoms with E-state index in [1.54, 1.807) is 0 Å². The Hall–Kier alpha value is -1.59. The summed E-state index contributed by atoms with van der Waals surface area (Å²) >= 11 is 0. The second-order valence-corrected chi connectivity index (χ2v) is 4.38.